The van der Waals surface area contributed by atoms with E-state index in [1.165, 1.54) is 11.1 Å². The number of piperazine rings is 1. The standard InChI is InChI=1S/C24H30N4O/c1-24(2,3)21-8-10-22(11-9-21)26-23(29)18-28-14-12-27(13-15-28)17-20-6-4-19(16-25)5-7-20/h4-11H,12-15,17-18H2,1-3H3,(H,26,29). The maximum Gasteiger partial charge on any atom is 0.238 e. The number of hydrogen-bond donors (Lipinski definition) is 1. The molecule has 5 nitrogen and oxygen atoms in total. The minimum absolute atomic E-state index is 0.0362. The van der Waals surface area contributed by atoms with Crippen LogP contribution in [0.15, 0.2) is 48.5 Å². The van der Waals surface area contributed by atoms with Crippen LogP contribution in [0.3, 0.4) is 0 Å². The number of carbonyl (C=O) groups excluding carboxylic acids is 1. The van der Waals surface area contributed by atoms with Gasteiger partial charge in [0.05, 0.1) is 18.2 Å². The molecule has 1 aliphatic heterocycles. The van der Waals surface area contributed by atoms with E-state index in [0.717, 1.165) is 38.4 Å². The van der Waals surface area contributed by atoms with Crippen LogP contribution in [0, 0.1) is 11.3 Å². The molecule has 1 amide bonds. The van der Waals surface area contributed by atoms with E-state index in [1.54, 1.807) is 0 Å². The normalized spacial score (nSPS) is 15.7. The number of amides is 1. The van der Waals surface area contributed by atoms with E-state index < -0.39 is 0 Å². The Kier molecular flexibility index (Phi) is 6.68. The fourth-order valence-corrected chi connectivity index (χ4v) is 3.51. The summed E-state index contributed by atoms with van der Waals surface area (Å²) in [6, 6.07) is 18.0. The molecular weight excluding hydrogens is 360 g/mol. The summed E-state index contributed by atoms with van der Waals surface area (Å²) < 4.78 is 0. The van der Waals surface area contributed by atoms with Crippen molar-refractivity contribution in [1.82, 2.24) is 9.80 Å². The van der Waals surface area contributed by atoms with E-state index in [1.807, 2.05) is 36.4 Å². The molecule has 0 saturated carbocycles. The van der Waals surface area contributed by atoms with E-state index in [9.17, 15) is 4.79 Å². The predicted molar refractivity (Wildman–Crippen MR) is 117 cm³/mol. The first-order valence-electron chi connectivity index (χ1n) is 10.2. The Balaban J connectivity index is 1.43. The molecule has 152 valence electrons. The molecule has 3 rings (SSSR count). The third-order valence-corrected chi connectivity index (χ3v) is 5.36. The van der Waals surface area contributed by atoms with Gasteiger partial charge in [-0.1, -0.05) is 45.0 Å². The molecule has 0 spiro atoms. The largest absolute Gasteiger partial charge is 0.325 e. The van der Waals surface area contributed by atoms with Gasteiger partial charge in [0.25, 0.3) is 0 Å². The Morgan fingerprint density at radius 1 is 0.966 bits per heavy atom. The molecule has 0 atom stereocenters. The smallest absolute Gasteiger partial charge is 0.238 e. The molecule has 1 fully saturated rings. The van der Waals surface area contributed by atoms with Crippen LogP contribution in [0.2, 0.25) is 0 Å². The minimum Gasteiger partial charge on any atom is -0.325 e. The van der Waals surface area contributed by atoms with Gasteiger partial charge >= 0.3 is 0 Å². The Morgan fingerprint density at radius 3 is 2.10 bits per heavy atom. The second-order valence-electron chi connectivity index (χ2n) is 8.74. The summed E-state index contributed by atoms with van der Waals surface area (Å²) in [4.78, 5) is 17.0. The SMILES string of the molecule is CC(C)(C)c1ccc(NC(=O)CN2CCN(Cc3ccc(C#N)cc3)CC2)cc1. The molecule has 0 radical (unpaired) electrons. The average molecular weight is 391 g/mol. The molecule has 0 aliphatic carbocycles. The summed E-state index contributed by atoms with van der Waals surface area (Å²) in [6.07, 6.45) is 0. The Morgan fingerprint density at radius 2 is 1.55 bits per heavy atom. The molecule has 5 heteroatoms. The van der Waals surface area contributed by atoms with Crippen LogP contribution in [-0.4, -0.2) is 48.4 Å². The Labute approximate surface area is 173 Å². The van der Waals surface area contributed by atoms with Crippen molar-refractivity contribution >= 4 is 11.6 Å². The highest BCUT2D eigenvalue weighted by Crippen LogP contribution is 2.23. The molecule has 0 aromatic heterocycles. The first-order chi connectivity index (χ1) is 13.8. The fraction of sp³-hybridized carbons (Fsp3) is 0.417. The number of nitrogens with zero attached hydrogens (tertiary/aromatic N) is 3. The summed E-state index contributed by atoms with van der Waals surface area (Å²) in [5.41, 5.74) is 4.13. The number of hydrogen-bond acceptors (Lipinski definition) is 4. The fourth-order valence-electron chi connectivity index (χ4n) is 3.51. The zero-order valence-corrected chi connectivity index (χ0v) is 17.6. The van der Waals surface area contributed by atoms with Gasteiger partial charge in [0.2, 0.25) is 5.91 Å². The number of nitrogens with one attached hydrogen (secondary N) is 1. The highest BCUT2D eigenvalue weighted by Gasteiger charge is 2.19. The lowest BCUT2D eigenvalue weighted by atomic mass is 9.87. The van der Waals surface area contributed by atoms with Crippen LogP contribution < -0.4 is 5.32 Å². The number of nitriles is 1. The first-order valence-corrected chi connectivity index (χ1v) is 10.2. The molecule has 0 bridgehead atoms. The van der Waals surface area contributed by atoms with Crippen LogP contribution in [0.5, 0.6) is 0 Å². The van der Waals surface area contributed by atoms with Crippen LogP contribution in [0.25, 0.3) is 0 Å². The molecule has 1 saturated heterocycles. The van der Waals surface area contributed by atoms with Gasteiger partial charge < -0.3 is 5.32 Å². The summed E-state index contributed by atoms with van der Waals surface area (Å²) in [7, 11) is 0. The van der Waals surface area contributed by atoms with Gasteiger partial charge in [0.1, 0.15) is 0 Å². The third-order valence-electron chi connectivity index (χ3n) is 5.36. The van der Waals surface area contributed by atoms with Crippen molar-refractivity contribution < 1.29 is 4.79 Å². The lowest BCUT2D eigenvalue weighted by Gasteiger charge is -2.34. The minimum atomic E-state index is 0.0362. The monoisotopic (exact) mass is 390 g/mol. The topological polar surface area (TPSA) is 59.4 Å². The summed E-state index contributed by atoms with van der Waals surface area (Å²) in [6.45, 7) is 11.5. The van der Waals surface area contributed by atoms with Crippen molar-refractivity contribution in [3.05, 3.63) is 65.2 Å². The Bertz CT molecular complexity index is 852. The summed E-state index contributed by atoms with van der Waals surface area (Å²) in [5, 5.41) is 11.9. The zero-order chi connectivity index (χ0) is 20.9. The number of rotatable bonds is 5. The van der Waals surface area contributed by atoms with E-state index in [4.69, 9.17) is 5.26 Å². The number of anilines is 1. The average Bonchev–Trinajstić information content (AvgIpc) is 2.70. The summed E-state index contributed by atoms with van der Waals surface area (Å²) in [5.74, 6) is 0.0362. The van der Waals surface area contributed by atoms with Crippen molar-refractivity contribution in [3.63, 3.8) is 0 Å². The molecule has 1 heterocycles. The van der Waals surface area contributed by atoms with Crippen LogP contribution >= 0.6 is 0 Å². The first kappa shape index (κ1) is 21.0. The van der Waals surface area contributed by atoms with Crippen LogP contribution in [0.1, 0.15) is 37.5 Å². The lowest BCUT2D eigenvalue weighted by molar-refractivity contribution is -0.117. The van der Waals surface area contributed by atoms with Crippen LogP contribution in [0.4, 0.5) is 5.69 Å². The van der Waals surface area contributed by atoms with Gasteiger partial charge in [-0.15, -0.1) is 0 Å². The molecule has 2 aromatic carbocycles. The van der Waals surface area contributed by atoms with Crippen molar-refractivity contribution in [2.24, 2.45) is 0 Å². The van der Waals surface area contributed by atoms with E-state index in [-0.39, 0.29) is 11.3 Å². The van der Waals surface area contributed by atoms with Crippen molar-refractivity contribution in [2.75, 3.05) is 38.0 Å². The van der Waals surface area contributed by atoms with Gasteiger partial charge in [-0.3, -0.25) is 14.6 Å². The maximum atomic E-state index is 12.4. The lowest BCUT2D eigenvalue weighted by Crippen LogP contribution is -2.48. The Hall–Kier alpha value is -2.68. The van der Waals surface area contributed by atoms with Crippen LogP contribution in [-0.2, 0) is 16.8 Å². The molecule has 29 heavy (non-hydrogen) atoms. The zero-order valence-electron chi connectivity index (χ0n) is 17.6. The van der Waals surface area contributed by atoms with Crippen molar-refractivity contribution in [3.8, 4) is 6.07 Å². The molecule has 0 unspecified atom stereocenters. The second-order valence-corrected chi connectivity index (χ2v) is 8.74. The quantitative estimate of drug-likeness (QED) is 0.847. The highest BCUT2D eigenvalue weighted by atomic mass is 16.2. The maximum absolute atomic E-state index is 12.4. The number of benzene rings is 2. The molecule has 1 N–H and O–H groups in total. The van der Waals surface area contributed by atoms with Gasteiger partial charge in [-0.2, -0.15) is 5.26 Å². The van der Waals surface area contributed by atoms with E-state index >= 15 is 0 Å². The molecular formula is C24H30N4O. The van der Waals surface area contributed by atoms with E-state index in [2.05, 4.69) is 54.1 Å². The second kappa shape index (κ2) is 9.21. The van der Waals surface area contributed by atoms with Crippen molar-refractivity contribution in [2.45, 2.75) is 32.7 Å². The summed E-state index contributed by atoms with van der Waals surface area (Å²) >= 11 is 0. The molecule has 1 aliphatic rings. The van der Waals surface area contributed by atoms with Gasteiger partial charge in [-0.25, -0.2) is 0 Å². The molecule has 2 aromatic rings. The van der Waals surface area contributed by atoms with Gasteiger partial charge in [0.15, 0.2) is 0 Å². The predicted octanol–water partition coefficient (Wildman–Crippen LogP) is 3.61. The van der Waals surface area contributed by atoms with Gasteiger partial charge in [-0.05, 0) is 40.8 Å². The highest BCUT2D eigenvalue weighted by molar-refractivity contribution is 5.92. The van der Waals surface area contributed by atoms with Crippen molar-refractivity contribution in [1.29, 1.82) is 5.26 Å². The third kappa shape index (κ3) is 6.15. The van der Waals surface area contributed by atoms with Gasteiger partial charge in [0, 0.05) is 38.4 Å². The van der Waals surface area contributed by atoms with E-state index in [0.29, 0.717) is 12.1 Å². The number of carbonyl (C=O) groups is 1.